The van der Waals surface area contributed by atoms with Crippen molar-refractivity contribution in [2.24, 2.45) is 46.3 Å². The van der Waals surface area contributed by atoms with E-state index in [0.29, 0.717) is 50.3 Å². The molecule has 5 nitrogen and oxygen atoms in total. The summed E-state index contributed by atoms with van der Waals surface area (Å²) in [6, 6.07) is 0. The van der Waals surface area contributed by atoms with E-state index in [0.717, 1.165) is 25.7 Å². The highest BCUT2D eigenvalue weighted by Gasteiger charge is 2.66. The van der Waals surface area contributed by atoms with Crippen molar-refractivity contribution in [3.63, 3.8) is 0 Å². The molecule has 0 bridgehead atoms. The van der Waals surface area contributed by atoms with Gasteiger partial charge in [0.2, 0.25) is 0 Å². The van der Waals surface area contributed by atoms with Gasteiger partial charge in [0.1, 0.15) is 17.3 Å². The molecule has 0 heterocycles. The number of hydrogen-bond donors (Lipinski definition) is 0. The molecule has 0 unspecified atom stereocenters. The number of Topliss-reactive ketones (excluding diaryl/α,β-unsaturated/α-hetero) is 3. The lowest BCUT2D eigenvalue weighted by Gasteiger charge is -2.58. The van der Waals surface area contributed by atoms with Gasteiger partial charge in [0.05, 0.1) is 6.61 Å². The SMILES string of the molecule is CCOC(=O)CC[C@H](C)[C@H]1CC[C@@H]2[C@@H]3C(=O)C[C@@H]4CC(=O)CC[C@]4(C)[C@H]3CC(=O)[C@@]21C. The van der Waals surface area contributed by atoms with Gasteiger partial charge in [-0.1, -0.05) is 20.8 Å². The molecule has 8 atom stereocenters. The molecule has 0 N–H and O–H groups in total. The van der Waals surface area contributed by atoms with Crippen molar-refractivity contribution in [1.82, 2.24) is 0 Å². The van der Waals surface area contributed by atoms with Crippen LogP contribution < -0.4 is 0 Å². The van der Waals surface area contributed by atoms with E-state index in [1.807, 2.05) is 6.92 Å². The maximum Gasteiger partial charge on any atom is 0.305 e. The number of esters is 1. The zero-order chi connectivity index (χ0) is 22.6. The minimum absolute atomic E-state index is 0.0422. The number of rotatable bonds is 5. The van der Waals surface area contributed by atoms with Crippen molar-refractivity contribution in [3.8, 4) is 0 Å². The average molecular weight is 431 g/mol. The van der Waals surface area contributed by atoms with Gasteiger partial charge in [-0.25, -0.2) is 0 Å². The molecule has 0 aliphatic heterocycles. The topological polar surface area (TPSA) is 77.5 Å². The average Bonchev–Trinajstić information content (AvgIpc) is 3.07. The van der Waals surface area contributed by atoms with Crippen molar-refractivity contribution in [2.75, 3.05) is 6.61 Å². The van der Waals surface area contributed by atoms with E-state index >= 15 is 0 Å². The summed E-state index contributed by atoms with van der Waals surface area (Å²) in [7, 11) is 0. The lowest BCUT2D eigenvalue weighted by molar-refractivity contribution is -0.166. The molecule has 0 aromatic rings. The molecule has 0 amide bonds. The van der Waals surface area contributed by atoms with Crippen LogP contribution in [0, 0.1) is 46.3 Å². The van der Waals surface area contributed by atoms with Gasteiger partial charge in [0.15, 0.2) is 0 Å². The molecule has 0 radical (unpaired) electrons. The van der Waals surface area contributed by atoms with Crippen LogP contribution in [-0.2, 0) is 23.9 Å². The summed E-state index contributed by atoms with van der Waals surface area (Å²) in [5, 5.41) is 0. The van der Waals surface area contributed by atoms with Crippen LogP contribution in [0.3, 0.4) is 0 Å². The second kappa shape index (κ2) is 8.12. The third-order valence-corrected chi connectivity index (χ3v) is 10.0. The zero-order valence-electron chi connectivity index (χ0n) is 19.6. The Morgan fingerprint density at radius 1 is 1.10 bits per heavy atom. The smallest absolute Gasteiger partial charge is 0.305 e. The third kappa shape index (κ3) is 3.51. The fraction of sp³-hybridized carbons (Fsp3) is 0.846. The molecule has 0 spiro atoms. The van der Waals surface area contributed by atoms with E-state index in [-0.39, 0.29) is 52.7 Å². The predicted molar refractivity (Wildman–Crippen MR) is 116 cm³/mol. The molecule has 4 rings (SSSR count). The van der Waals surface area contributed by atoms with Crippen LogP contribution in [0.2, 0.25) is 0 Å². The number of ketones is 3. The molecular formula is C26H38O5. The highest BCUT2D eigenvalue weighted by molar-refractivity contribution is 5.93. The lowest BCUT2D eigenvalue weighted by atomic mass is 9.44. The van der Waals surface area contributed by atoms with Gasteiger partial charge in [0.25, 0.3) is 0 Å². The Morgan fingerprint density at radius 3 is 2.55 bits per heavy atom. The molecule has 4 aliphatic rings. The standard InChI is InChI=1S/C26H38O5/c1-5-31-23(30)9-6-15(2)18-7-8-19-24-20(14-22(29)26(18,19)4)25(3)11-10-17(27)12-16(25)13-21(24)28/h15-16,18-20,24H,5-14H2,1-4H3/t15-,16-,18+,19+,20-,24-,25-,26+/m0/s1. The highest BCUT2D eigenvalue weighted by Crippen LogP contribution is 2.66. The van der Waals surface area contributed by atoms with Gasteiger partial charge in [-0.2, -0.15) is 0 Å². The van der Waals surface area contributed by atoms with E-state index in [9.17, 15) is 19.2 Å². The largest absolute Gasteiger partial charge is 0.466 e. The summed E-state index contributed by atoms with van der Waals surface area (Å²) in [6.07, 6.45) is 5.89. The van der Waals surface area contributed by atoms with Gasteiger partial charge in [-0.15, -0.1) is 0 Å². The minimum atomic E-state index is -0.474. The summed E-state index contributed by atoms with van der Waals surface area (Å²) < 4.78 is 5.09. The van der Waals surface area contributed by atoms with E-state index < -0.39 is 5.41 Å². The summed E-state index contributed by atoms with van der Waals surface area (Å²) in [6.45, 7) is 8.73. The normalized spacial score (nSPS) is 43.1. The maximum absolute atomic E-state index is 13.7. The van der Waals surface area contributed by atoms with Crippen molar-refractivity contribution < 1.29 is 23.9 Å². The Bertz CT molecular complexity index is 787. The molecular weight excluding hydrogens is 392 g/mol. The number of ether oxygens (including phenoxy) is 1. The molecule has 31 heavy (non-hydrogen) atoms. The van der Waals surface area contributed by atoms with Gasteiger partial charge >= 0.3 is 5.97 Å². The van der Waals surface area contributed by atoms with Crippen LogP contribution in [-0.4, -0.2) is 29.9 Å². The Kier molecular flexibility index (Phi) is 5.93. The van der Waals surface area contributed by atoms with Crippen LogP contribution in [0.5, 0.6) is 0 Å². The van der Waals surface area contributed by atoms with Crippen LogP contribution in [0.25, 0.3) is 0 Å². The Morgan fingerprint density at radius 2 is 1.84 bits per heavy atom. The number of carbonyl (C=O) groups is 4. The Balaban J connectivity index is 1.57. The first-order valence-electron chi connectivity index (χ1n) is 12.4. The van der Waals surface area contributed by atoms with Crippen LogP contribution in [0.1, 0.15) is 85.5 Å². The molecule has 172 valence electrons. The fourth-order valence-corrected chi connectivity index (χ4v) is 8.17. The van der Waals surface area contributed by atoms with Crippen LogP contribution >= 0.6 is 0 Å². The number of hydrogen-bond acceptors (Lipinski definition) is 5. The van der Waals surface area contributed by atoms with Gasteiger partial charge in [-0.05, 0) is 67.6 Å². The number of carbonyl (C=O) groups excluding carboxylic acids is 4. The second-order valence-electron chi connectivity index (χ2n) is 11.3. The second-order valence-corrected chi connectivity index (χ2v) is 11.3. The van der Waals surface area contributed by atoms with E-state index in [1.54, 1.807) is 0 Å². The monoisotopic (exact) mass is 430 g/mol. The molecule has 4 saturated carbocycles. The molecule has 0 aromatic carbocycles. The van der Waals surface area contributed by atoms with Crippen molar-refractivity contribution in [3.05, 3.63) is 0 Å². The Hall–Kier alpha value is -1.52. The van der Waals surface area contributed by atoms with Crippen LogP contribution in [0.4, 0.5) is 0 Å². The molecule has 0 saturated heterocycles. The van der Waals surface area contributed by atoms with Crippen molar-refractivity contribution >= 4 is 23.3 Å². The van der Waals surface area contributed by atoms with E-state index in [4.69, 9.17) is 4.74 Å². The first-order valence-corrected chi connectivity index (χ1v) is 12.4. The van der Waals surface area contributed by atoms with Gasteiger partial charge in [0, 0.05) is 43.4 Å². The van der Waals surface area contributed by atoms with Gasteiger partial charge < -0.3 is 4.74 Å². The highest BCUT2D eigenvalue weighted by atomic mass is 16.5. The summed E-state index contributed by atoms with van der Waals surface area (Å²) in [4.78, 5) is 51.1. The Labute approximate surface area is 186 Å². The summed E-state index contributed by atoms with van der Waals surface area (Å²) >= 11 is 0. The van der Waals surface area contributed by atoms with Crippen LogP contribution in [0.15, 0.2) is 0 Å². The van der Waals surface area contributed by atoms with Crippen molar-refractivity contribution in [2.45, 2.75) is 85.5 Å². The zero-order valence-corrected chi connectivity index (χ0v) is 19.6. The molecule has 0 aromatic heterocycles. The predicted octanol–water partition coefficient (Wildman–Crippen LogP) is 4.55. The van der Waals surface area contributed by atoms with E-state index in [1.165, 1.54) is 0 Å². The maximum atomic E-state index is 13.7. The number of fused-ring (bicyclic) bond motifs is 5. The summed E-state index contributed by atoms with van der Waals surface area (Å²) in [5.41, 5.74) is -0.546. The summed E-state index contributed by atoms with van der Waals surface area (Å²) in [5.74, 6) is 1.44. The van der Waals surface area contributed by atoms with Crippen molar-refractivity contribution in [1.29, 1.82) is 0 Å². The van der Waals surface area contributed by atoms with Gasteiger partial charge in [-0.3, -0.25) is 19.2 Å². The molecule has 4 aliphatic carbocycles. The first-order chi connectivity index (χ1) is 14.6. The minimum Gasteiger partial charge on any atom is -0.466 e. The van der Waals surface area contributed by atoms with E-state index in [2.05, 4.69) is 20.8 Å². The first kappa shape index (κ1) is 22.7. The fourth-order valence-electron chi connectivity index (χ4n) is 8.17. The molecule has 4 fully saturated rings. The lowest BCUT2D eigenvalue weighted by Crippen LogP contribution is -2.60. The quantitative estimate of drug-likeness (QED) is 0.598. The molecule has 5 heteroatoms. The third-order valence-electron chi connectivity index (χ3n) is 10.0.